The van der Waals surface area contributed by atoms with Crippen LogP contribution in [0.3, 0.4) is 0 Å². The van der Waals surface area contributed by atoms with Gasteiger partial charge in [0.1, 0.15) is 0 Å². The third-order valence-corrected chi connectivity index (χ3v) is 5.67. The van der Waals surface area contributed by atoms with Gasteiger partial charge in [0.15, 0.2) is 0 Å². The first-order valence-electron chi connectivity index (χ1n) is 8.28. The number of aryl methyl sites for hydroxylation is 1. The van der Waals surface area contributed by atoms with E-state index in [-0.39, 0.29) is 12.4 Å². The lowest BCUT2D eigenvalue weighted by molar-refractivity contribution is 0.362. The van der Waals surface area contributed by atoms with Gasteiger partial charge in [0, 0.05) is 12.3 Å². The molecule has 1 unspecified atom stereocenters. The van der Waals surface area contributed by atoms with E-state index in [2.05, 4.69) is 78.2 Å². The molecule has 1 atom stereocenters. The van der Waals surface area contributed by atoms with Gasteiger partial charge < -0.3 is 4.90 Å². The van der Waals surface area contributed by atoms with Crippen LogP contribution in [-0.2, 0) is 0 Å². The van der Waals surface area contributed by atoms with E-state index < -0.39 is 0 Å². The second-order valence-electron chi connectivity index (χ2n) is 6.12. The van der Waals surface area contributed by atoms with Gasteiger partial charge in [0.05, 0.1) is 5.25 Å². The Kier molecular flexibility index (Phi) is 7.48. The molecule has 0 radical (unpaired) electrons. The summed E-state index contributed by atoms with van der Waals surface area (Å²) in [5, 5.41) is 0.449. The fourth-order valence-corrected chi connectivity index (χ4v) is 4.36. The number of nitrogens with zero attached hydrogens (tertiary/aromatic N) is 1. The topological polar surface area (TPSA) is 3.24 Å². The fourth-order valence-electron chi connectivity index (χ4n) is 3.06. The van der Waals surface area contributed by atoms with E-state index in [0.29, 0.717) is 5.25 Å². The quantitative estimate of drug-likeness (QED) is 0.694. The van der Waals surface area contributed by atoms with E-state index in [1.165, 1.54) is 54.9 Å². The van der Waals surface area contributed by atoms with Gasteiger partial charge in [-0.15, -0.1) is 24.2 Å². The van der Waals surface area contributed by atoms with Gasteiger partial charge in [0.25, 0.3) is 0 Å². The molecule has 0 aliphatic carbocycles. The lowest BCUT2D eigenvalue weighted by Crippen LogP contribution is -2.22. The summed E-state index contributed by atoms with van der Waals surface area (Å²) >= 11 is 2.08. The van der Waals surface area contributed by atoms with Crippen molar-refractivity contribution >= 4 is 24.2 Å². The maximum absolute atomic E-state index is 2.60. The van der Waals surface area contributed by atoms with Crippen LogP contribution in [0.5, 0.6) is 0 Å². The molecule has 1 heterocycles. The molecule has 3 heteroatoms. The summed E-state index contributed by atoms with van der Waals surface area (Å²) in [6.45, 7) is 5.96. The van der Waals surface area contributed by atoms with Crippen LogP contribution in [0, 0.1) is 6.92 Å². The molecule has 0 N–H and O–H groups in total. The molecule has 0 amide bonds. The molecule has 0 spiro atoms. The van der Waals surface area contributed by atoms with E-state index in [1.54, 1.807) is 0 Å². The third-order valence-electron chi connectivity index (χ3n) is 4.37. The van der Waals surface area contributed by atoms with Crippen LogP contribution >= 0.6 is 24.2 Å². The van der Waals surface area contributed by atoms with Gasteiger partial charge in [0.2, 0.25) is 0 Å². The molecule has 0 saturated carbocycles. The van der Waals surface area contributed by atoms with Crippen LogP contribution in [0.2, 0.25) is 0 Å². The number of rotatable bonds is 6. The largest absolute Gasteiger partial charge is 0.303 e. The van der Waals surface area contributed by atoms with Crippen molar-refractivity contribution in [2.24, 2.45) is 0 Å². The highest BCUT2D eigenvalue weighted by Crippen LogP contribution is 2.35. The van der Waals surface area contributed by atoms with Gasteiger partial charge in [-0.05, 0) is 44.0 Å². The molecule has 2 aromatic carbocycles. The molecule has 1 nitrogen and oxygen atoms in total. The van der Waals surface area contributed by atoms with Crippen molar-refractivity contribution < 1.29 is 0 Å². The second-order valence-corrected chi connectivity index (χ2v) is 7.33. The number of halogens is 1. The van der Waals surface area contributed by atoms with Crippen LogP contribution in [0.25, 0.3) is 0 Å². The number of likely N-dealkylation sites (tertiary alicyclic amines) is 1. The summed E-state index contributed by atoms with van der Waals surface area (Å²) in [4.78, 5) is 2.60. The summed E-state index contributed by atoms with van der Waals surface area (Å²) in [6.07, 6.45) is 2.76. The summed E-state index contributed by atoms with van der Waals surface area (Å²) in [5.74, 6) is 1.20. The zero-order chi connectivity index (χ0) is 15.2. The van der Waals surface area contributed by atoms with E-state index in [1.807, 2.05) is 0 Å². The molecular weight excluding hydrogens is 322 g/mol. The van der Waals surface area contributed by atoms with Gasteiger partial charge in [-0.3, -0.25) is 0 Å². The minimum Gasteiger partial charge on any atom is -0.303 e. The zero-order valence-electron chi connectivity index (χ0n) is 13.8. The first-order valence-corrected chi connectivity index (χ1v) is 9.33. The summed E-state index contributed by atoms with van der Waals surface area (Å²) in [5.41, 5.74) is 4.17. The molecule has 0 aromatic heterocycles. The first-order chi connectivity index (χ1) is 10.8. The summed E-state index contributed by atoms with van der Waals surface area (Å²) in [6, 6.07) is 19.9. The number of thioether (sulfide) groups is 1. The van der Waals surface area contributed by atoms with Crippen molar-refractivity contribution in [3.05, 3.63) is 71.3 Å². The van der Waals surface area contributed by atoms with Gasteiger partial charge in [-0.2, -0.15) is 0 Å². The van der Waals surface area contributed by atoms with Crippen molar-refractivity contribution in [3.8, 4) is 0 Å². The van der Waals surface area contributed by atoms with Crippen molar-refractivity contribution in [2.75, 3.05) is 25.4 Å². The SMILES string of the molecule is Cc1ccc(C(SCCN2CCCC2)c2ccccc2)cc1.Cl. The smallest absolute Gasteiger partial charge is 0.0547 e. The summed E-state index contributed by atoms with van der Waals surface area (Å²) < 4.78 is 0. The lowest BCUT2D eigenvalue weighted by atomic mass is 10.0. The molecule has 3 rings (SSSR count). The van der Waals surface area contributed by atoms with Crippen LogP contribution in [-0.4, -0.2) is 30.3 Å². The Morgan fingerprint density at radius 3 is 2.17 bits per heavy atom. The Hall–Kier alpha value is -0.960. The Bertz CT molecular complexity index is 564. The molecule has 0 bridgehead atoms. The normalized spacial score (nSPS) is 16.0. The molecule has 1 aliphatic heterocycles. The van der Waals surface area contributed by atoms with E-state index in [9.17, 15) is 0 Å². The Labute approximate surface area is 150 Å². The maximum atomic E-state index is 2.60. The minimum atomic E-state index is 0. The second kappa shape index (κ2) is 9.36. The third kappa shape index (κ3) is 5.27. The number of hydrogen-bond acceptors (Lipinski definition) is 2. The monoisotopic (exact) mass is 347 g/mol. The molecule has 1 saturated heterocycles. The van der Waals surface area contributed by atoms with Gasteiger partial charge in [-0.1, -0.05) is 60.2 Å². The highest BCUT2D eigenvalue weighted by Gasteiger charge is 2.16. The van der Waals surface area contributed by atoms with Gasteiger partial charge >= 0.3 is 0 Å². The maximum Gasteiger partial charge on any atom is 0.0547 e. The zero-order valence-corrected chi connectivity index (χ0v) is 15.4. The predicted octanol–water partition coefficient (Wildman–Crippen LogP) is 5.34. The molecule has 23 heavy (non-hydrogen) atoms. The summed E-state index contributed by atoms with van der Waals surface area (Å²) in [7, 11) is 0. The number of hydrogen-bond donors (Lipinski definition) is 0. The van der Waals surface area contributed by atoms with Gasteiger partial charge in [-0.25, -0.2) is 0 Å². The van der Waals surface area contributed by atoms with Crippen LogP contribution < -0.4 is 0 Å². The lowest BCUT2D eigenvalue weighted by Gasteiger charge is -2.20. The highest BCUT2D eigenvalue weighted by molar-refractivity contribution is 7.99. The molecule has 2 aromatic rings. The molecule has 1 aliphatic rings. The standard InChI is InChI=1S/C20H25NS.ClH/c1-17-9-11-19(12-10-17)20(18-7-3-2-4-8-18)22-16-15-21-13-5-6-14-21;/h2-4,7-12,20H,5-6,13-16H2,1H3;1H. The predicted molar refractivity (Wildman–Crippen MR) is 105 cm³/mol. The van der Waals surface area contributed by atoms with Crippen molar-refractivity contribution in [2.45, 2.75) is 25.0 Å². The van der Waals surface area contributed by atoms with E-state index in [0.717, 1.165) is 0 Å². The van der Waals surface area contributed by atoms with Crippen LogP contribution in [0.1, 0.15) is 34.8 Å². The molecular formula is C20H26ClNS. The minimum absolute atomic E-state index is 0. The molecule has 124 valence electrons. The van der Waals surface area contributed by atoms with E-state index in [4.69, 9.17) is 0 Å². The fraction of sp³-hybridized carbons (Fsp3) is 0.400. The first kappa shape index (κ1) is 18.4. The number of benzene rings is 2. The van der Waals surface area contributed by atoms with Crippen LogP contribution in [0.15, 0.2) is 54.6 Å². The Morgan fingerprint density at radius 2 is 1.52 bits per heavy atom. The van der Waals surface area contributed by atoms with Crippen LogP contribution in [0.4, 0.5) is 0 Å². The average Bonchev–Trinajstić information content (AvgIpc) is 3.07. The Balaban J connectivity index is 0.00000192. The van der Waals surface area contributed by atoms with Crippen molar-refractivity contribution in [1.29, 1.82) is 0 Å². The van der Waals surface area contributed by atoms with Crippen molar-refractivity contribution in [1.82, 2.24) is 4.90 Å². The van der Waals surface area contributed by atoms with Crippen molar-refractivity contribution in [3.63, 3.8) is 0 Å². The Morgan fingerprint density at radius 1 is 0.913 bits per heavy atom. The average molecular weight is 348 g/mol. The van der Waals surface area contributed by atoms with E-state index >= 15 is 0 Å². The highest BCUT2D eigenvalue weighted by atomic mass is 35.5. The molecule has 1 fully saturated rings.